The highest BCUT2D eigenvalue weighted by Crippen LogP contribution is 2.39. The van der Waals surface area contributed by atoms with Crippen LogP contribution in [0.5, 0.6) is 5.75 Å². The summed E-state index contributed by atoms with van der Waals surface area (Å²) in [5.74, 6) is -2.30. The van der Waals surface area contributed by atoms with Crippen molar-refractivity contribution in [1.82, 2.24) is 4.90 Å². The summed E-state index contributed by atoms with van der Waals surface area (Å²) in [5.41, 5.74) is 2.32. The molecule has 6 nitrogen and oxygen atoms in total. The van der Waals surface area contributed by atoms with Crippen molar-refractivity contribution >= 4 is 11.9 Å². The van der Waals surface area contributed by atoms with Crippen LogP contribution in [0.25, 0.3) is 11.1 Å². The molecule has 4 rings (SSSR count). The van der Waals surface area contributed by atoms with Crippen molar-refractivity contribution in [2.24, 2.45) is 5.92 Å². The monoisotopic (exact) mass is 395 g/mol. The maximum Gasteiger partial charge on any atom is 0.421 e. The van der Waals surface area contributed by atoms with Crippen molar-refractivity contribution < 1.29 is 23.8 Å². The molecule has 6 heteroatoms. The summed E-state index contributed by atoms with van der Waals surface area (Å²) in [7, 11) is 0. The van der Waals surface area contributed by atoms with Gasteiger partial charge in [-0.3, -0.25) is 0 Å². The third-order valence-corrected chi connectivity index (χ3v) is 5.58. The van der Waals surface area contributed by atoms with E-state index >= 15 is 0 Å². The van der Waals surface area contributed by atoms with Gasteiger partial charge in [0.15, 0.2) is 0 Å². The van der Waals surface area contributed by atoms with Crippen LogP contribution in [0.3, 0.4) is 0 Å². The van der Waals surface area contributed by atoms with Crippen LogP contribution in [-0.2, 0) is 19.1 Å². The van der Waals surface area contributed by atoms with Gasteiger partial charge in [-0.15, -0.1) is 0 Å². The molecule has 152 valence electrons. The summed E-state index contributed by atoms with van der Waals surface area (Å²) < 4.78 is 16.6. The predicted molar refractivity (Wildman–Crippen MR) is 107 cm³/mol. The zero-order valence-electron chi connectivity index (χ0n) is 16.5. The summed E-state index contributed by atoms with van der Waals surface area (Å²) in [6, 6.07) is 18.2. The van der Waals surface area contributed by atoms with E-state index in [1.165, 1.54) is 5.56 Å². The highest BCUT2D eigenvalue weighted by molar-refractivity contribution is 6.31. The molecule has 1 unspecified atom stereocenters. The second-order valence-corrected chi connectivity index (χ2v) is 7.53. The highest BCUT2D eigenvalue weighted by Gasteiger charge is 2.57. The number of nitrogens with zero attached hydrogens (tertiary/aromatic N) is 1. The molecule has 0 aliphatic carbocycles. The minimum absolute atomic E-state index is 0.0573. The van der Waals surface area contributed by atoms with Crippen LogP contribution in [0.2, 0.25) is 0 Å². The summed E-state index contributed by atoms with van der Waals surface area (Å²) >= 11 is 0. The second-order valence-electron chi connectivity index (χ2n) is 7.53. The van der Waals surface area contributed by atoms with Crippen LogP contribution in [0.1, 0.15) is 26.2 Å². The number of carbonyl (C=O) groups excluding carboxylic acids is 2. The van der Waals surface area contributed by atoms with Crippen LogP contribution >= 0.6 is 0 Å². The Morgan fingerprint density at radius 3 is 2.34 bits per heavy atom. The van der Waals surface area contributed by atoms with Crippen LogP contribution in [0.4, 0.5) is 0 Å². The first-order valence-electron chi connectivity index (χ1n) is 10.1. The lowest BCUT2D eigenvalue weighted by Gasteiger charge is -2.44. The number of carbonyl (C=O) groups is 2. The molecule has 0 amide bonds. The molecule has 1 atom stereocenters. The van der Waals surface area contributed by atoms with Gasteiger partial charge in [-0.1, -0.05) is 49.4 Å². The summed E-state index contributed by atoms with van der Waals surface area (Å²) in [5, 5.41) is 0. The van der Waals surface area contributed by atoms with E-state index < -0.39 is 17.8 Å². The maximum absolute atomic E-state index is 11.6. The number of ether oxygens (including phenoxy) is 3. The van der Waals surface area contributed by atoms with Crippen molar-refractivity contribution in [1.29, 1.82) is 0 Å². The van der Waals surface area contributed by atoms with Crippen molar-refractivity contribution in [2.45, 2.75) is 32.1 Å². The molecule has 2 saturated heterocycles. The molecule has 29 heavy (non-hydrogen) atoms. The topological polar surface area (TPSA) is 65.1 Å². The Labute approximate surface area is 170 Å². The Bertz CT molecular complexity index is 849. The Kier molecular flexibility index (Phi) is 5.53. The molecule has 0 bridgehead atoms. The zero-order valence-corrected chi connectivity index (χ0v) is 16.5. The lowest BCUT2D eigenvalue weighted by Crippen LogP contribution is -2.58. The first kappa shape index (κ1) is 19.5. The van der Waals surface area contributed by atoms with Crippen molar-refractivity contribution in [3.05, 3.63) is 54.6 Å². The molecule has 2 aliphatic heterocycles. The lowest BCUT2D eigenvalue weighted by atomic mass is 9.95. The fourth-order valence-electron chi connectivity index (χ4n) is 4.03. The average Bonchev–Trinajstić information content (AvgIpc) is 3.05. The highest BCUT2D eigenvalue weighted by atomic mass is 16.8. The third-order valence-electron chi connectivity index (χ3n) is 5.58. The minimum atomic E-state index is -1.25. The van der Waals surface area contributed by atoms with E-state index in [-0.39, 0.29) is 5.92 Å². The predicted octanol–water partition coefficient (Wildman–Crippen LogP) is 3.61. The largest absolute Gasteiger partial charge is 0.494 e. The van der Waals surface area contributed by atoms with Gasteiger partial charge in [0.05, 0.1) is 12.5 Å². The van der Waals surface area contributed by atoms with Gasteiger partial charge in [-0.25, -0.2) is 14.5 Å². The van der Waals surface area contributed by atoms with Gasteiger partial charge in [-0.2, -0.15) is 0 Å². The van der Waals surface area contributed by atoms with Crippen molar-refractivity contribution in [3.63, 3.8) is 0 Å². The van der Waals surface area contributed by atoms with Gasteiger partial charge in [-0.05, 0) is 42.5 Å². The standard InChI is InChI=1S/C23H25NO5/c1-17-7-5-14-24(23(17)28-21(25)22(26)29-23)15-6-16-27-20-12-10-19(11-13-20)18-8-3-2-4-9-18/h2-4,8-13,17H,5-7,14-16H2,1H3. The molecule has 0 saturated carbocycles. The van der Waals surface area contributed by atoms with Gasteiger partial charge >= 0.3 is 17.8 Å². The molecule has 0 N–H and O–H groups in total. The fourth-order valence-corrected chi connectivity index (χ4v) is 4.03. The molecule has 0 radical (unpaired) electrons. The first-order chi connectivity index (χ1) is 14.1. The zero-order chi connectivity index (χ0) is 20.3. The Morgan fingerprint density at radius 1 is 1.00 bits per heavy atom. The maximum atomic E-state index is 11.6. The smallest absolute Gasteiger partial charge is 0.421 e. The summed E-state index contributed by atoms with van der Waals surface area (Å²) in [6.07, 6.45) is 2.55. The number of rotatable bonds is 6. The second kappa shape index (κ2) is 8.25. The first-order valence-corrected chi connectivity index (χ1v) is 10.1. The van der Waals surface area contributed by atoms with E-state index in [0.717, 1.165) is 37.1 Å². The number of piperidine rings is 1. The number of hydrogen-bond donors (Lipinski definition) is 0. The van der Waals surface area contributed by atoms with Crippen LogP contribution in [0, 0.1) is 5.92 Å². The van der Waals surface area contributed by atoms with E-state index in [1.54, 1.807) is 0 Å². The molecular weight excluding hydrogens is 370 g/mol. The number of esters is 2. The van der Waals surface area contributed by atoms with E-state index in [9.17, 15) is 9.59 Å². The SMILES string of the molecule is CC1CCCN(CCCOc2ccc(-c3ccccc3)cc2)C12OC(=O)C(=O)O2. The number of likely N-dealkylation sites (tertiary alicyclic amines) is 1. The Morgan fingerprint density at radius 2 is 1.66 bits per heavy atom. The molecule has 0 aromatic heterocycles. The Balaban J connectivity index is 1.31. The third kappa shape index (κ3) is 3.98. The van der Waals surface area contributed by atoms with Crippen molar-refractivity contribution in [3.8, 4) is 16.9 Å². The molecular formula is C23H25NO5. The fraction of sp³-hybridized carbons (Fsp3) is 0.391. The van der Waals surface area contributed by atoms with E-state index in [1.807, 2.05) is 54.3 Å². The Hall–Kier alpha value is -2.86. The summed E-state index contributed by atoms with van der Waals surface area (Å²) in [4.78, 5) is 25.2. The molecule has 2 aliphatic rings. The van der Waals surface area contributed by atoms with E-state index in [0.29, 0.717) is 13.2 Å². The van der Waals surface area contributed by atoms with Gasteiger partial charge in [0.2, 0.25) is 0 Å². The van der Waals surface area contributed by atoms with Crippen LogP contribution in [-0.4, -0.2) is 42.4 Å². The number of benzene rings is 2. The number of hydrogen-bond acceptors (Lipinski definition) is 6. The van der Waals surface area contributed by atoms with Crippen LogP contribution < -0.4 is 4.74 Å². The average molecular weight is 395 g/mol. The van der Waals surface area contributed by atoms with Gasteiger partial charge < -0.3 is 14.2 Å². The quantitative estimate of drug-likeness (QED) is 0.423. The van der Waals surface area contributed by atoms with Crippen LogP contribution in [0.15, 0.2) is 54.6 Å². The van der Waals surface area contributed by atoms with Gasteiger partial charge in [0.1, 0.15) is 5.75 Å². The lowest BCUT2D eigenvalue weighted by molar-refractivity contribution is -0.288. The molecule has 2 aromatic rings. The molecule has 2 fully saturated rings. The van der Waals surface area contributed by atoms with E-state index in [4.69, 9.17) is 14.2 Å². The van der Waals surface area contributed by atoms with Gasteiger partial charge in [0, 0.05) is 13.1 Å². The van der Waals surface area contributed by atoms with Crippen molar-refractivity contribution in [2.75, 3.05) is 19.7 Å². The molecule has 2 heterocycles. The van der Waals surface area contributed by atoms with Gasteiger partial charge in [0.25, 0.3) is 0 Å². The minimum Gasteiger partial charge on any atom is -0.494 e. The normalized spacial score (nSPS) is 21.1. The summed E-state index contributed by atoms with van der Waals surface area (Å²) in [6.45, 7) is 3.81. The van der Waals surface area contributed by atoms with E-state index in [2.05, 4.69) is 12.1 Å². The molecule has 1 spiro atoms. The molecule has 2 aromatic carbocycles.